The quantitative estimate of drug-likeness (QED) is 0.380. The van der Waals surface area contributed by atoms with Crippen LogP contribution in [0.1, 0.15) is 16.1 Å². The van der Waals surface area contributed by atoms with Crippen molar-refractivity contribution in [3.8, 4) is 21.5 Å². The largest absolute Gasteiger partial charge is 0.333 e. The lowest BCUT2D eigenvalue weighted by Gasteiger charge is -2.01. The van der Waals surface area contributed by atoms with Crippen LogP contribution in [0.2, 0.25) is 0 Å². The number of hydrogen-bond donors (Lipinski definition) is 1. The Hall–Kier alpha value is -3.44. The predicted molar refractivity (Wildman–Crippen MR) is 105 cm³/mol. The molecule has 140 valence electrons. The van der Waals surface area contributed by atoms with Crippen molar-refractivity contribution >= 4 is 39.4 Å². The van der Waals surface area contributed by atoms with Gasteiger partial charge in [-0.1, -0.05) is 22.6 Å². The summed E-state index contributed by atoms with van der Waals surface area (Å²) in [5.74, 6) is 0.406. The first kappa shape index (κ1) is 17.9. The molecule has 1 amide bonds. The molecule has 0 aliphatic rings. The van der Waals surface area contributed by atoms with Crippen LogP contribution in [0.4, 0.5) is 10.8 Å². The highest BCUT2D eigenvalue weighted by atomic mass is 32.1. The van der Waals surface area contributed by atoms with Crippen LogP contribution in [-0.4, -0.2) is 26.0 Å². The van der Waals surface area contributed by atoms with Gasteiger partial charge in [-0.05, 0) is 30.5 Å². The van der Waals surface area contributed by atoms with Gasteiger partial charge in [0.2, 0.25) is 5.82 Å². The van der Waals surface area contributed by atoms with Crippen molar-refractivity contribution in [1.82, 2.24) is 15.1 Å². The molecule has 4 rings (SSSR count). The van der Waals surface area contributed by atoms with Gasteiger partial charge in [-0.15, -0.1) is 11.3 Å². The summed E-state index contributed by atoms with van der Waals surface area (Å²) < 4.78 is 5.33. The molecule has 1 N–H and O–H groups in total. The highest BCUT2D eigenvalue weighted by Crippen LogP contribution is 2.33. The number of carbonyl (C=O) groups excluding carboxylic acids is 1. The van der Waals surface area contributed by atoms with Gasteiger partial charge in [-0.2, -0.15) is 4.98 Å². The summed E-state index contributed by atoms with van der Waals surface area (Å²) in [5.41, 5.74) is 0.852. The number of amides is 1. The van der Waals surface area contributed by atoms with Gasteiger partial charge < -0.3 is 4.52 Å². The summed E-state index contributed by atoms with van der Waals surface area (Å²) in [6.07, 6.45) is 0. The van der Waals surface area contributed by atoms with Gasteiger partial charge in [0, 0.05) is 17.7 Å². The topological polar surface area (TPSA) is 124 Å². The van der Waals surface area contributed by atoms with Crippen molar-refractivity contribution in [2.45, 2.75) is 6.92 Å². The summed E-state index contributed by atoms with van der Waals surface area (Å²) in [6, 6.07) is 9.13. The van der Waals surface area contributed by atoms with E-state index in [0.717, 1.165) is 4.88 Å². The number of nitro benzene ring substituents is 1. The van der Waals surface area contributed by atoms with E-state index in [9.17, 15) is 14.9 Å². The van der Waals surface area contributed by atoms with Gasteiger partial charge in [0.25, 0.3) is 17.5 Å². The maximum absolute atomic E-state index is 12.3. The molecular weight excluding hydrogens is 402 g/mol. The number of rotatable bonds is 5. The van der Waals surface area contributed by atoms with Crippen LogP contribution in [0, 0.1) is 17.0 Å². The summed E-state index contributed by atoms with van der Waals surface area (Å²) in [5, 5.41) is 19.7. The number of aryl methyl sites for hydroxylation is 1. The third-order valence-corrected chi connectivity index (χ3v) is 5.65. The Labute approximate surface area is 165 Å². The van der Waals surface area contributed by atoms with Crippen LogP contribution in [0.3, 0.4) is 0 Å². The fraction of sp³-hybridized carbons (Fsp3) is 0.0588. The van der Waals surface area contributed by atoms with Crippen LogP contribution < -0.4 is 5.32 Å². The number of hydrogen-bond acceptors (Lipinski definition) is 9. The van der Waals surface area contributed by atoms with Gasteiger partial charge >= 0.3 is 0 Å². The Morgan fingerprint density at radius 1 is 1.21 bits per heavy atom. The van der Waals surface area contributed by atoms with E-state index in [1.165, 1.54) is 46.9 Å². The van der Waals surface area contributed by atoms with Gasteiger partial charge in [-0.3, -0.25) is 20.2 Å². The van der Waals surface area contributed by atoms with E-state index < -0.39 is 10.8 Å². The number of aromatic nitrogens is 3. The average molecular weight is 413 g/mol. The molecule has 3 heterocycles. The van der Waals surface area contributed by atoms with Gasteiger partial charge in [0.1, 0.15) is 4.88 Å². The van der Waals surface area contributed by atoms with Crippen molar-refractivity contribution in [1.29, 1.82) is 0 Å². The molecule has 0 saturated carbocycles. The monoisotopic (exact) mass is 413 g/mol. The number of thiazole rings is 1. The second-order valence-electron chi connectivity index (χ2n) is 5.59. The second kappa shape index (κ2) is 7.29. The minimum Gasteiger partial charge on any atom is -0.333 e. The van der Waals surface area contributed by atoms with Crippen LogP contribution in [0.25, 0.3) is 21.5 Å². The normalized spacial score (nSPS) is 10.8. The number of anilines is 1. The van der Waals surface area contributed by atoms with Gasteiger partial charge in [0.05, 0.1) is 15.5 Å². The van der Waals surface area contributed by atoms with Crippen LogP contribution >= 0.6 is 22.7 Å². The lowest BCUT2D eigenvalue weighted by Crippen LogP contribution is -2.11. The molecule has 4 aromatic rings. The third kappa shape index (κ3) is 3.52. The van der Waals surface area contributed by atoms with E-state index in [4.69, 9.17) is 4.52 Å². The molecule has 0 spiro atoms. The van der Waals surface area contributed by atoms with Crippen molar-refractivity contribution in [3.05, 3.63) is 63.1 Å². The molecular formula is C17H11N5O4S2. The molecule has 28 heavy (non-hydrogen) atoms. The number of non-ortho nitro benzene ring substituents is 1. The molecule has 0 unspecified atom stereocenters. The molecule has 0 radical (unpaired) electrons. The second-order valence-corrected chi connectivity index (χ2v) is 7.54. The molecule has 0 bridgehead atoms. The molecule has 0 fully saturated rings. The number of benzene rings is 1. The number of nitro groups is 1. The van der Waals surface area contributed by atoms with Crippen LogP contribution in [-0.2, 0) is 0 Å². The third-order valence-electron chi connectivity index (χ3n) is 3.72. The first-order chi connectivity index (χ1) is 13.5. The average Bonchev–Trinajstić information content (AvgIpc) is 3.42. The Morgan fingerprint density at radius 2 is 2.00 bits per heavy atom. The summed E-state index contributed by atoms with van der Waals surface area (Å²) in [6.45, 7) is 1.78. The van der Waals surface area contributed by atoms with Gasteiger partial charge in [0.15, 0.2) is 5.13 Å². The number of carbonyl (C=O) groups is 1. The fourth-order valence-corrected chi connectivity index (χ4v) is 3.91. The van der Waals surface area contributed by atoms with Crippen molar-refractivity contribution in [2.75, 3.05) is 5.32 Å². The smallest absolute Gasteiger partial charge is 0.270 e. The molecule has 0 saturated heterocycles. The number of nitrogens with one attached hydrogen (secondary N) is 1. The Bertz CT molecular complexity index is 1150. The number of nitrogens with zero attached hydrogens (tertiary/aromatic N) is 4. The lowest BCUT2D eigenvalue weighted by molar-refractivity contribution is -0.384. The minimum absolute atomic E-state index is 0.0816. The maximum Gasteiger partial charge on any atom is 0.270 e. The number of thiophene rings is 1. The first-order valence-corrected chi connectivity index (χ1v) is 9.62. The molecule has 9 nitrogen and oxygen atoms in total. The molecule has 3 aromatic heterocycles. The molecule has 11 heteroatoms. The predicted octanol–water partition coefficient (Wildman–Crippen LogP) is 4.39. The SMILES string of the molecule is Cc1nc(NC(=O)c2ccc([N+](=O)[O-])cc2)sc1-c1nc(-c2cccs2)no1. The first-order valence-electron chi connectivity index (χ1n) is 7.92. The molecule has 0 aliphatic carbocycles. The maximum atomic E-state index is 12.3. The summed E-state index contributed by atoms with van der Waals surface area (Å²) >= 11 is 2.72. The molecule has 0 aliphatic heterocycles. The summed E-state index contributed by atoms with van der Waals surface area (Å²) in [4.78, 5) is 32.8. The van der Waals surface area contributed by atoms with Crippen molar-refractivity contribution in [2.24, 2.45) is 0 Å². The Balaban J connectivity index is 1.53. The Kier molecular flexibility index (Phi) is 4.67. The van der Waals surface area contributed by atoms with E-state index in [2.05, 4.69) is 20.4 Å². The van der Waals surface area contributed by atoms with Crippen molar-refractivity contribution in [3.63, 3.8) is 0 Å². The summed E-state index contributed by atoms with van der Waals surface area (Å²) in [7, 11) is 0. The Morgan fingerprint density at radius 3 is 2.68 bits per heavy atom. The van der Waals surface area contributed by atoms with Crippen LogP contribution in [0.15, 0.2) is 46.3 Å². The fourth-order valence-electron chi connectivity index (χ4n) is 2.37. The van der Waals surface area contributed by atoms with Gasteiger partial charge in [-0.25, -0.2) is 4.98 Å². The zero-order chi connectivity index (χ0) is 19.7. The highest BCUT2D eigenvalue weighted by molar-refractivity contribution is 7.19. The standard InChI is InChI=1S/C17H11N5O4S2/c1-9-13(16-19-14(21-26-16)12-3-2-8-27-12)28-17(18-9)20-15(23)10-4-6-11(7-5-10)22(24)25/h2-8H,1H3,(H,18,20,23). The lowest BCUT2D eigenvalue weighted by atomic mass is 10.2. The molecule has 1 aromatic carbocycles. The highest BCUT2D eigenvalue weighted by Gasteiger charge is 2.19. The van der Waals surface area contributed by atoms with E-state index in [-0.39, 0.29) is 11.3 Å². The zero-order valence-corrected chi connectivity index (χ0v) is 15.9. The van der Waals surface area contributed by atoms with E-state index >= 15 is 0 Å². The van der Waals surface area contributed by atoms with E-state index in [1.54, 1.807) is 6.92 Å². The van der Waals surface area contributed by atoms with Crippen molar-refractivity contribution < 1.29 is 14.2 Å². The molecule has 0 atom stereocenters. The minimum atomic E-state index is -0.521. The van der Waals surface area contributed by atoms with E-state index in [0.29, 0.717) is 27.4 Å². The van der Waals surface area contributed by atoms with Crippen LogP contribution in [0.5, 0.6) is 0 Å². The van der Waals surface area contributed by atoms with E-state index in [1.807, 2.05) is 17.5 Å². The zero-order valence-electron chi connectivity index (χ0n) is 14.3.